The smallest absolute Gasteiger partial charge is 0.223 e. The number of rotatable bonds is 6. The molecule has 17 heavy (non-hydrogen) atoms. The summed E-state index contributed by atoms with van der Waals surface area (Å²) in [5.41, 5.74) is 6.32. The van der Waals surface area contributed by atoms with Crippen molar-refractivity contribution in [1.29, 1.82) is 0 Å². The Morgan fingerprint density at radius 1 is 1.41 bits per heavy atom. The van der Waals surface area contributed by atoms with Gasteiger partial charge in [-0.25, -0.2) is 0 Å². The number of hydrogen-bond donors (Lipinski definition) is 3. The Morgan fingerprint density at radius 2 is 2.06 bits per heavy atom. The maximum Gasteiger partial charge on any atom is 0.223 e. The fourth-order valence-electron chi connectivity index (χ4n) is 1.61. The molecule has 0 aromatic heterocycles. The predicted molar refractivity (Wildman–Crippen MR) is 67.2 cm³/mol. The van der Waals surface area contributed by atoms with Crippen molar-refractivity contribution in [2.24, 2.45) is 11.7 Å². The number of nitrogens with two attached hydrogens (primary N) is 1. The van der Waals surface area contributed by atoms with Crippen LogP contribution in [0.3, 0.4) is 0 Å². The molecule has 94 valence electrons. The number of benzene rings is 1. The Hall–Kier alpha value is -1.39. The van der Waals surface area contributed by atoms with Crippen LogP contribution >= 0.6 is 0 Å². The first-order chi connectivity index (χ1) is 8.19. The Morgan fingerprint density at radius 3 is 2.59 bits per heavy atom. The van der Waals surface area contributed by atoms with Gasteiger partial charge in [-0.2, -0.15) is 0 Å². The molecule has 1 aromatic rings. The van der Waals surface area contributed by atoms with Crippen molar-refractivity contribution >= 4 is 5.91 Å². The number of carbonyl (C=O) groups is 1. The summed E-state index contributed by atoms with van der Waals surface area (Å²) in [6, 6.07) is 9.09. The van der Waals surface area contributed by atoms with Crippen LogP contribution in [0.15, 0.2) is 30.3 Å². The van der Waals surface area contributed by atoms with E-state index in [-0.39, 0.29) is 24.5 Å². The Bertz CT molecular complexity index is 341. The van der Waals surface area contributed by atoms with E-state index in [1.165, 1.54) is 0 Å². The third-order valence-electron chi connectivity index (χ3n) is 2.75. The molecular formula is C13H20N2O2. The van der Waals surface area contributed by atoms with Crippen LogP contribution in [-0.4, -0.2) is 24.2 Å². The average molecular weight is 236 g/mol. The zero-order valence-corrected chi connectivity index (χ0v) is 10.1. The average Bonchev–Trinajstić information content (AvgIpc) is 2.37. The lowest BCUT2D eigenvalue weighted by atomic mass is 10.0. The number of carbonyl (C=O) groups excluding carboxylic acids is 1. The fourth-order valence-corrected chi connectivity index (χ4v) is 1.61. The van der Waals surface area contributed by atoms with Crippen molar-refractivity contribution in [2.45, 2.75) is 19.4 Å². The van der Waals surface area contributed by atoms with Gasteiger partial charge in [0.15, 0.2) is 0 Å². The van der Waals surface area contributed by atoms with E-state index in [0.29, 0.717) is 13.0 Å². The van der Waals surface area contributed by atoms with Gasteiger partial charge in [-0.05, 0) is 18.5 Å². The van der Waals surface area contributed by atoms with Crippen molar-refractivity contribution in [3.63, 3.8) is 0 Å². The summed E-state index contributed by atoms with van der Waals surface area (Å²) in [4.78, 5) is 11.8. The summed E-state index contributed by atoms with van der Waals surface area (Å²) >= 11 is 0. The van der Waals surface area contributed by atoms with Crippen LogP contribution in [0.2, 0.25) is 0 Å². The van der Waals surface area contributed by atoms with Crippen LogP contribution in [0, 0.1) is 5.92 Å². The van der Waals surface area contributed by atoms with E-state index in [4.69, 9.17) is 5.73 Å². The summed E-state index contributed by atoms with van der Waals surface area (Å²) < 4.78 is 0. The minimum Gasteiger partial charge on any atom is -0.394 e. The van der Waals surface area contributed by atoms with Gasteiger partial charge in [-0.3, -0.25) is 4.79 Å². The Kier molecular flexibility index (Phi) is 5.66. The molecule has 0 aliphatic heterocycles. The summed E-state index contributed by atoms with van der Waals surface area (Å²) in [6.45, 7) is 2.22. The highest BCUT2D eigenvalue weighted by Crippen LogP contribution is 2.13. The zero-order valence-electron chi connectivity index (χ0n) is 10.1. The van der Waals surface area contributed by atoms with E-state index in [1.54, 1.807) is 0 Å². The van der Waals surface area contributed by atoms with Gasteiger partial charge >= 0.3 is 0 Å². The summed E-state index contributed by atoms with van der Waals surface area (Å²) in [5, 5.41) is 12.1. The maximum absolute atomic E-state index is 11.8. The summed E-state index contributed by atoms with van der Waals surface area (Å²) in [7, 11) is 0. The minimum atomic E-state index is -0.344. The maximum atomic E-state index is 11.8. The second-order valence-corrected chi connectivity index (χ2v) is 4.13. The third kappa shape index (κ3) is 4.17. The van der Waals surface area contributed by atoms with Gasteiger partial charge in [0.2, 0.25) is 5.91 Å². The summed E-state index contributed by atoms with van der Waals surface area (Å²) in [6.07, 6.45) is 0.652. The molecule has 0 saturated carbocycles. The molecule has 0 heterocycles. The van der Waals surface area contributed by atoms with Gasteiger partial charge in [0.05, 0.1) is 12.6 Å². The molecule has 4 N–H and O–H groups in total. The summed E-state index contributed by atoms with van der Waals surface area (Å²) in [5.74, 6) is -0.198. The molecule has 2 unspecified atom stereocenters. The van der Waals surface area contributed by atoms with Crippen LogP contribution in [0.25, 0.3) is 0 Å². The lowest BCUT2D eigenvalue weighted by Gasteiger charge is -2.19. The van der Waals surface area contributed by atoms with Gasteiger partial charge in [0.1, 0.15) is 0 Å². The standard InChI is InChI=1S/C13H20N2O2/c1-10(7-8-14)13(17)15-12(9-16)11-5-3-2-4-6-11/h2-6,10,12,16H,7-9,14H2,1H3,(H,15,17). The second kappa shape index (κ2) is 7.04. The second-order valence-electron chi connectivity index (χ2n) is 4.13. The number of aliphatic hydroxyl groups is 1. The molecule has 0 aliphatic rings. The van der Waals surface area contributed by atoms with Crippen molar-refractivity contribution in [3.05, 3.63) is 35.9 Å². The van der Waals surface area contributed by atoms with E-state index in [2.05, 4.69) is 5.32 Å². The van der Waals surface area contributed by atoms with Gasteiger partial charge < -0.3 is 16.2 Å². The van der Waals surface area contributed by atoms with E-state index in [0.717, 1.165) is 5.56 Å². The monoisotopic (exact) mass is 236 g/mol. The van der Waals surface area contributed by atoms with Crippen molar-refractivity contribution in [3.8, 4) is 0 Å². The highest BCUT2D eigenvalue weighted by atomic mass is 16.3. The first-order valence-corrected chi connectivity index (χ1v) is 5.85. The molecule has 0 fully saturated rings. The highest BCUT2D eigenvalue weighted by molar-refractivity contribution is 5.78. The van der Waals surface area contributed by atoms with E-state index < -0.39 is 0 Å². The van der Waals surface area contributed by atoms with Crippen LogP contribution in [-0.2, 0) is 4.79 Å². The molecule has 4 nitrogen and oxygen atoms in total. The molecular weight excluding hydrogens is 216 g/mol. The molecule has 0 spiro atoms. The van der Waals surface area contributed by atoms with E-state index in [1.807, 2.05) is 37.3 Å². The molecule has 0 radical (unpaired) electrons. The third-order valence-corrected chi connectivity index (χ3v) is 2.75. The van der Waals surface area contributed by atoms with E-state index >= 15 is 0 Å². The molecule has 0 bridgehead atoms. The molecule has 4 heteroatoms. The van der Waals surface area contributed by atoms with Gasteiger partial charge in [-0.15, -0.1) is 0 Å². The first kappa shape index (κ1) is 13.7. The highest BCUT2D eigenvalue weighted by Gasteiger charge is 2.17. The van der Waals surface area contributed by atoms with Crippen molar-refractivity contribution in [2.75, 3.05) is 13.2 Å². The van der Waals surface area contributed by atoms with Gasteiger partial charge in [0.25, 0.3) is 0 Å². The molecule has 2 atom stereocenters. The number of aliphatic hydroxyl groups excluding tert-OH is 1. The first-order valence-electron chi connectivity index (χ1n) is 5.85. The Balaban J connectivity index is 2.62. The topological polar surface area (TPSA) is 75.4 Å². The van der Waals surface area contributed by atoms with E-state index in [9.17, 15) is 9.90 Å². The number of nitrogens with one attached hydrogen (secondary N) is 1. The molecule has 1 amide bonds. The lowest BCUT2D eigenvalue weighted by Crippen LogP contribution is -2.35. The normalized spacial score (nSPS) is 14.1. The largest absolute Gasteiger partial charge is 0.394 e. The Labute approximate surface area is 102 Å². The molecule has 0 saturated heterocycles. The molecule has 1 rings (SSSR count). The molecule has 0 aliphatic carbocycles. The van der Waals surface area contributed by atoms with Crippen LogP contribution in [0.1, 0.15) is 24.9 Å². The van der Waals surface area contributed by atoms with Gasteiger partial charge in [-0.1, -0.05) is 37.3 Å². The van der Waals surface area contributed by atoms with Gasteiger partial charge in [0, 0.05) is 5.92 Å². The lowest BCUT2D eigenvalue weighted by molar-refractivity contribution is -0.125. The predicted octanol–water partition coefficient (Wildman–Crippen LogP) is 0.821. The van der Waals surface area contributed by atoms with Crippen LogP contribution in [0.4, 0.5) is 0 Å². The quantitative estimate of drug-likeness (QED) is 0.684. The van der Waals surface area contributed by atoms with Crippen molar-refractivity contribution in [1.82, 2.24) is 5.32 Å². The van der Waals surface area contributed by atoms with Crippen molar-refractivity contribution < 1.29 is 9.90 Å². The van der Waals surface area contributed by atoms with Crippen LogP contribution in [0.5, 0.6) is 0 Å². The SMILES string of the molecule is CC(CCN)C(=O)NC(CO)c1ccccc1. The zero-order chi connectivity index (χ0) is 12.7. The fraction of sp³-hybridized carbons (Fsp3) is 0.462. The van der Waals surface area contributed by atoms with Crippen LogP contribution < -0.4 is 11.1 Å². The minimum absolute atomic E-state index is 0.0710. The molecule has 1 aromatic carbocycles. The number of amides is 1. The number of hydrogen-bond acceptors (Lipinski definition) is 3.